The highest BCUT2D eigenvalue weighted by Gasteiger charge is 2.25. The molecule has 0 unspecified atom stereocenters. The number of hydrogen-bond acceptors (Lipinski definition) is 5. The van der Waals surface area contributed by atoms with E-state index >= 15 is 0 Å². The quantitative estimate of drug-likeness (QED) is 0.646. The molecule has 0 saturated carbocycles. The first-order valence-corrected chi connectivity index (χ1v) is 10.5. The van der Waals surface area contributed by atoms with Gasteiger partial charge in [0.25, 0.3) is 5.91 Å². The predicted octanol–water partition coefficient (Wildman–Crippen LogP) is 3.93. The Bertz CT molecular complexity index is 1080. The highest BCUT2D eigenvalue weighted by Crippen LogP contribution is 2.37. The Hall–Kier alpha value is -2.47. The monoisotopic (exact) mass is 455 g/mol. The van der Waals surface area contributed by atoms with E-state index in [9.17, 15) is 10.1 Å². The van der Waals surface area contributed by atoms with E-state index in [2.05, 4.69) is 49.4 Å². The van der Waals surface area contributed by atoms with E-state index in [1.54, 1.807) is 17.9 Å². The zero-order valence-electron chi connectivity index (χ0n) is 15.3. The van der Waals surface area contributed by atoms with Gasteiger partial charge in [0.05, 0.1) is 17.3 Å². The molecule has 1 aliphatic rings. The third-order valence-electron chi connectivity index (χ3n) is 4.74. The number of carbonyl (C=O) groups excluding carboxylic acids is 1. The smallest absolute Gasteiger partial charge is 0.259 e. The summed E-state index contributed by atoms with van der Waals surface area (Å²) in [7, 11) is 1.77. The summed E-state index contributed by atoms with van der Waals surface area (Å²) in [5.74, 6) is -0.241. The maximum atomic E-state index is 12.5. The van der Waals surface area contributed by atoms with Crippen LogP contribution in [0.15, 0.2) is 41.1 Å². The Kier molecular flexibility index (Phi) is 5.31. The number of carbonyl (C=O) groups is 1. The number of aryl methyl sites for hydroxylation is 1. The molecule has 3 aromatic rings. The fourth-order valence-corrected chi connectivity index (χ4v) is 5.09. The van der Waals surface area contributed by atoms with Gasteiger partial charge in [-0.3, -0.25) is 14.4 Å². The number of aromatic nitrogens is 2. The average molecular weight is 456 g/mol. The molecular formula is C20H18BrN5OS. The number of anilines is 1. The van der Waals surface area contributed by atoms with Gasteiger partial charge >= 0.3 is 0 Å². The van der Waals surface area contributed by atoms with Crippen LogP contribution in [0.2, 0.25) is 0 Å². The van der Waals surface area contributed by atoms with Gasteiger partial charge in [-0.25, -0.2) is 0 Å². The fourth-order valence-electron chi connectivity index (χ4n) is 3.40. The summed E-state index contributed by atoms with van der Waals surface area (Å²) in [6, 6.07) is 10.6. The van der Waals surface area contributed by atoms with Gasteiger partial charge in [-0.2, -0.15) is 10.4 Å². The number of thiophene rings is 1. The molecule has 0 radical (unpaired) electrons. The summed E-state index contributed by atoms with van der Waals surface area (Å²) < 4.78 is 2.66. The van der Waals surface area contributed by atoms with E-state index < -0.39 is 0 Å². The Morgan fingerprint density at radius 2 is 2.32 bits per heavy atom. The van der Waals surface area contributed by atoms with E-state index in [0.717, 1.165) is 41.0 Å². The van der Waals surface area contributed by atoms with Crippen molar-refractivity contribution in [1.82, 2.24) is 14.7 Å². The van der Waals surface area contributed by atoms with Gasteiger partial charge in [0.2, 0.25) is 0 Å². The first kappa shape index (κ1) is 18.9. The van der Waals surface area contributed by atoms with Crippen molar-refractivity contribution >= 4 is 38.2 Å². The number of benzene rings is 1. The van der Waals surface area contributed by atoms with Crippen LogP contribution in [-0.2, 0) is 26.6 Å². The number of nitrogens with one attached hydrogen (secondary N) is 1. The number of rotatable bonds is 4. The molecule has 28 heavy (non-hydrogen) atoms. The molecule has 1 aliphatic heterocycles. The molecule has 1 aromatic carbocycles. The minimum Gasteiger partial charge on any atom is -0.312 e. The van der Waals surface area contributed by atoms with Gasteiger partial charge < -0.3 is 5.32 Å². The topological polar surface area (TPSA) is 74.0 Å². The maximum absolute atomic E-state index is 12.5. The lowest BCUT2D eigenvalue weighted by molar-refractivity contribution is 0.102. The van der Waals surface area contributed by atoms with E-state index in [-0.39, 0.29) is 5.91 Å². The zero-order chi connectivity index (χ0) is 19.7. The van der Waals surface area contributed by atoms with Crippen molar-refractivity contribution in [3.63, 3.8) is 0 Å². The first-order valence-electron chi connectivity index (χ1n) is 8.85. The van der Waals surface area contributed by atoms with E-state index in [0.29, 0.717) is 16.1 Å². The summed E-state index contributed by atoms with van der Waals surface area (Å²) in [6.07, 6.45) is 3.99. The van der Waals surface area contributed by atoms with Crippen LogP contribution in [0.5, 0.6) is 0 Å². The van der Waals surface area contributed by atoms with E-state index in [4.69, 9.17) is 0 Å². The van der Waals surface area contributed by atoms with Gasteiger partial charge in [-0.15, -0.1) is 11.3 Å². The van der Waals surface area contributed by atoms with Gasteiger partial charge in [-0.05, 0) is 29.7 Å². The molecule has 8 heteroatoms. The summed E-state index contributed by atoms with van der Waals surface area (Å²) in [6.45, 7) is 2.53. The first-order chi connectivity index (χ1) is 13.5. The SMILES string of the molecule is Cn1cc(C(=O)Nc2sc3c(c2C#N)CCN(Cc2cccc(Br)c2)C3)cn1. The standard InChI is InChI=1S/C20H18BrN5OS/c1-25-11-14(9-23-25)19(27)24-20-17(8-22)16-5-6-26(12-18(16)28-20)10-13-3-2-4-15(21)7-13/h2-4,7,9,11H,5-6,10,12H2,1H3,(H,24,27). The van der Waals surface area contributed by atoms with Crippen molar-refractivity contribution in [2.75, 3.05) is 11.9 Å². The number of nitrogens with zero attached hydrogens (tertiary/aromatic N) is 4. The van der Waals surface area contributed by atoms with Crippen LogP contribution in [0.3, 0.4) is 0 Å². The van der Waals surface area contributed by atoms with Crippen molar-refractivity contribution in [1.29, 1.82) is 5.26 Å². The summed E-state index contributed by atoms with van der Waals surface area (Å²) in [4.78, 5) is 16.0. The van der Waals surface area contributed by atoms with Crippen molar-refractivity contribution in [2.45, 2.75) is 19.5 Å². The normalized spacial score (nSPS) is 13.8. The van der Waals surface area contributed by atoms with Crippen LogP contribution in [0.25, 0.3) is 0 Å². The molecule has 3 heterocycles. The third kappa shape index (κ3) is 3.87. The third-order valence-corrected chi connectivity index (χ3v) is 6.36. The van der Waals surface area contributed by atoms with Crippen molar-refractivity contribution < 1.29 is 4.79 Å². The number of fused-ring (bicyclic) bond motifs is 1. The van der Waals surface area contributed by atoms with Gasteiger partial charge in [0.15, 0.2) is 0 Å². The summed E-state index contributed by atoms with van der Waals surface area (Å²) in [5.41, 5.74) is 3.40. The van der Waals surface area contributed by atoms with E-state index in [1.165, 1.54) is 23.1 Å². The molecule has 0 aliphatic carbocycles. The Labute approximate surface area is 175 Å². The molecular weight excluding hydrogens is 438 g/mol. The van der Waals surface area contributed by atoms with Crippen LogP contribution in [0.4, 0.5) is 5.00 Å². The molecule has 0 fully saturated rings. The second kappa shape index (κ2) is 7.87. The highest BCUT2D eigenvalue weighted by molar-refractivity contribution is 9.10. The summed E-state index contributed by atoms with van der Waals surface area (Å²) in [5, 5.41) is 17.2. The van der Waals surface area contributed by atoms with Crippen LogP contribution in [-0.4, -0.2) is 27.1 Å². The molecule has 2 aromatic heterocycles. The fraction of sp³-hybridized carbons (Fsp3) is 0.250. The van der Waals surface area contributed by atoms with Crippen molar-refractivity contribution in [3.8, 4) is 6.07 Å². The summed E-state index contributed by atoms with van der Waals surface area (Å²) >= 11 is 5.02. The minimum atomic E-state index is -0.241. The van der Waals surface area contributed by atoms with Crippen LogP contribution >= 0.6 is 27.3 Å². The van der Waals surface area contributed by atoms with Gasteiger partial charge in [0.1, 0.15) is 11.1 Å². The molecule has 0 atom stereocenters. The lowest BCUT2D eigenvalue weighted by Gasteiger charge is -2.26. The van der Waals surface area contributed by atoms with Crippen molar-refractivity contribution in [2.24, 2.45) is 7.05 Å². The molecule has 0 bridgehead atoms. The number of nitriles is 1. The average Bonchev–Trinajstić information content (AvgIpc) is 3.24. The van der Waals surface area contributed by atoms with Crippen LogP contribution in [0.1, 0.15) is 31.9 Å². The minimum absolute atomic E-state index is 0.241. The lowest BCUT2D eigenvalue weighted by atomic mass is 10.0. The lowest BCUT2D eigenvalue weighted by Crippen LogP contribution is -2.29. The number of halogens is 1. The second-order valence-corrected chi connectivity index (χ2v) is 8.79. The van der Waals surface area contributed by atoms with Gasteiger partial charge in [0, 0.05) is 42.2 Å². The highest BCUT2D eigenvalue weighted by atomic mass is 79.9. The molecule has 0 saturated heterocycles. The Balaban J connectivity index is 1.52. The zero-order valence-corrected chi connectivity index (χ0v) is 17.7. The predicted molar refractivity (Wildman–Crippen MR) is 112 cm³/mol. The van der Waals surface area contributed by atoms with Crippen molar-refractivity contribution in [3.05, 3.63) is 68.3 Å². The molecule has 0 spiro atoms. The molecule has 4 rings (SSSR count). The maximum Gasteiger partial charge on any atom is 0.259 e. The molecule has 142 valence electrons. The molecule has 6 nitrogen and oxygen atoms in total. The number of hydrogen-bond donors (Lipinski definition) is 1. The largest absolute Gasteiger partial charge is 0.312 e. The number of amides is 1. The van der Waals surface area contributed by atoms with E-state index in [1.807, 2.05) is 12.1 Å². The van der Waals surface area contributed by atoms with Crippen LogP contribution in [0, 0.1) is 11.3 Å². The Morgan fingerprint density at radius 3 is 3.04 bits per heavy atom. The molecule has 1 amide bonds. The Morgan fingerprint density at radius 1 is 1.46 bits per heavy atom. The van der Waals surface area contributed by atoms with Gasteiger partial charge in [-0.1, -0.05) is 28.1 Å². The second-order valence-electron chi connectivity index (χ2n) is 6.77. The molecule has 1 N–H and O–H groups in total. The van der Waals surface area contributed by atoms with Crippen LogP contribution < -0.4 is 5.32 Å².